The van der Waals surface area contributed by atoms with E-state index in [0.717, 1.165) is 0 Å². The van der Waals surface area contributed by atoms with Crippen molar-refractivity contribution in [1.82, 2.24) is 0 Å². The number of carbonyl (C=O) groups is 1. The number of methoxy groups -OCH3 is 1. The lowest BCUT2D eigenvalue weighted by Gasteiger charge is -2.12. The number of anilines is 1. The zero-order valence-corrected chi connectivity index (χ0v) is 9.67. The summed E-state index contributed by atoms with van der Waals surface area (Å²) in [6, 6.07) is 0.116. The van der Waals surface area contributed by atoms with Crippen LogP contribution in [0.25, 0.3) is 0 Å². The molecule has 0 aromatic heterocycles. The molecule has 0 heterocycles. The number of rotatable bonds is 5. The molecule has 7 heteroatoms. The largest absolute Gasteiger partial charge is 0.385 e. The van der Waals surface area contributed by atoms with Crippen molar-refractivity contribution in [3.05, 3.63) is 29.6 Å². The van der Waals surface area contributed by atoms with E-state index in [0.29, 0.717) is 12.1 Å². The van der Waals surface area contributed by atoms with E-state index in [2.05, 4.69) is 0 Å². The van der Waals surface area contributed by atoms with E-state index in [1.807, 2.05) is 5.32 Å². The molecule has 0 aliphatic rings. The van der Waals surface area contributed by atoms with Crippen LogP contribution in [0.1, 0.15) is 6.42 Å². The maximum atomic E-state index is 13.2. The SMILES string of the molecule is COCCC(N)C(=O)Nc1cc(F)cc(F)c1F. The Morgan fingerprint density at radius 1 is 1.44 bits per heavy atom. The first kappa shape index (κ1) is 14.5. The molecule has 0 saturated carbocycles. The molecule has 0 fully saturated rings. The van der Waals surface area contributed by atoms with Crippen molar-refractivity contribution in [3.63, 3.8) is 0 Å². The molecular formula is C11H13F3N2O2. The van der Waals surface area contributed by atoms with Gasteiger partial charge in [-0.3, -0.25) is 4.79 Å². The number of ether oxygens (including phenoxy) is 1. The van der Waals surface area contributed by atoms with E-state index in [-0.39, 0.29) is 13.0 Å². The zero-order valence-electron chi connectivity index (χ0n) is 9.67. The number of halogens is 3. The molecule has 1 aromatic carbocycles. The number of amides is 1. The number of hydrogen-bond donors (Lipinski definition) is 2. The van der Waals surface area contributed by atoms with Gasteiger partial charge < -0.3 is 15.8 Å². The third kappa shape index (κ3) is 3.71. The Morgan fingerprint density at radius 2 is 2.11 bits per heavy atom. The third-order valence-corrected chi connectivity index (χ3v) is 2.22. The summed E-state index contributed by atoms with van der Waals surface area (Å²) in [6.07, 6.45) is 0.210. The molecule has 0 aliphatic carbocycles. The topological polar surface area (TPSA) is 64.3 Å². The lowest BCUT2D eigenvalue weighted by Crippen LogP contribution is -2.36. The van der Waals surface area contributed by atoms with Gasteiger partial charge in [0.1, 0.15) is 5.82 Å². The molecule has 3 N–H and O–H groups in total. The second-order valence-corrected chi connectivity index (χ2v) is 3.63. The Labute approximate surface area is 102 Å². The van der Waals surface area contributed by atoms with Crippen molar-refractivity contribution < 1.29 is 22.7 Å². The van der Waals surface area contributed by atoms with Crippen LogP contribution in [0.5, 0.6) is 0 Å². The lowest BCUT2D eigenvalue weighted by molar-refractivity contribution is -0.117. The van der Waals surface area contributed by atoms with Crippen LogP contribution in [0.15, 0.2) is 12.1 Å². The van der Waals surface area contributed by atoms with Crippen LogP contribution in [0.2, 0.25) is 0 Å². The first-order valence-electron chi connectivity index (χ1n) is 5.15. The first-order valence-corrected chi connectivity index (χ1v) is 5.15. The van der Waals surface area contributed by atoms with Crippen molar-refractivity contribution >= 4 is 11.6 Å². The number of nitrogens with two attached hydrogens (primary N) is 1. The molecule has 0 bridgehead atoms. The standard InChI is InChI=1S/C11H13F3N2O2/c1-18-3-2-8(15)11(17)16-9-5-6(12)4-7(13)10(9)14/h4-5,8H,2-3,15H2,1H3,(H,16,17). The van der Waals surface area contributed by atoms with Crippen LogP contribution in [0, 0.1) is 17.5 Å². The molecule has 0 spiro atoms. The van der Waals surface area contributed by atoms with Crippen LogP contribution >= 0.6 is 0 Å². The summed E-state index contributed by atoms with van der Waals surface area (Å²) in [7, 11) is 1.44. The Balaban J connectivity index is 2.75. The highest BCUT2D eigenvalue weighted by atomic mass is 19.2. The van der Waals surface area contributed by atoms with Crippen LogP contribution in [0.4, 0.5) is 18.9 Å². The van der Waals surface area contributed by atoms with E-state index in [1.165, 1.54) is 7.11 Å². The molecule has 4 nitrogen and oxygen atoms in total. The smallest absolute Gasteiger partial charge is 0.241 e. The molecule has 1 amide bonds. The molecule has 100 valence electrons. The number of hydrogen-bond acceptors (Lipinski definition) is 3. The van der Waals surface area contributed by atoms with Crippen LogP contribution in [-0.4, -0.2) is 25.7 Å². The quantitative estimate of drug-likeness (QED) is 0.788. The highest BCUT2D eigenvalue weighted by molar-refractivity contribution is 5.94. The van der Waals surface area contributed by atoms with Crippen LogP contribution < -0.4 is 11.1 Å². The maximum Gasteiger partial charge on any atom is 0.241 e. The molecule has 0 aliphatic heterocycles. The fraction of sp³-hybridized carbons (Fsp3) is 0.364. The molecule has 1 atom stereocenters. The predicted molar refractivity (Wildman–Crippen MR) is 59.4 cm³/mol. The minimum atomic E-state index is -1.38. The van der Waals surface area contributed by atoms with E-state index < -0.39 is 35.1 Å². The van der Waals surface area contributed by atoms with Gasteiger partial charge in [0, 0.05) is 25.8 Å². The van der Waals surface area contributed by atoms with Gasteiger partial charge in [-0.25, -0.2) is 13.2 Å². The van der Waals surface area contributed by atoms with Gasteiger partial charge in [0.25, 0.3) is 0 Å². The summed E-state index contributed by atoms with van der Waals surface area (Å²) in [5, 5.41) is 2.03. The number of benzene rings is 1. The van der Waals surface area contributed by atoms with Gasteiger partial charge in [-0.05, 0) is 6.42 Å². The van der Waals surface area contributed by atoms with E-state index in [9.17, 15) is 18.0 Å². The Bertz CT molecular complexity index is 441. The highest BCUT2D eigenvalue weighted by Gasteiger charge is 2.17. The average Bonchev–Trinajstić information content (AvgIpc) is 2.32. The molecule has 18 heavy (non-hydrogen) atoms. The van der Waals surface area contributed by atoms with Crippen molar-refractivity contribution in [3.8, 4) is 0 Å². The molecule has 1 aromatic rings. The number of nitrogens with one attached hydrogen (secondary N) is 1. The van der Waals surface area contributed by atoms with Crippen molar-refractivity contribution in [1.29, 1.82) is 0 Å². The molecule has 0 saturated heterocycles. The molecule has 1 unspecified atom stereocenters. The summed E-state index contributed by atoms with van der Waals surface area (Å²) in [5.74, 6) is -4.44. The van der Waals surface area contributed by atoms with Gasteiger partial charge in [-0.15, -0.1) is 0 Å². The van der Waals surface area contributed by atoms with Crippen LogP contribution in [0.3, 0.4) is 0 Å². The van der Waals surface area contributed by atoms with E-state index >= 15 is 0 Å². The van der Waals surface area contributed by atoms with Crippen molar-refractivity contribution in [2.75, 3.05) is 19.0 Å². The van der Waals surface area contributed by atoms with Crippen molar-refractivity contribution in [2.24, 2.45) is 5.73 Å². The van der Waals surface area contributed by atoms with Gasteiger partial charge in [0.15, 0.2) is 11.6 Å². The fourth-order valence-corrected chi connectivity index (χ4v) is 1.25. The lowest BCUT2D eigenvalue weighted by atomic mass is 10.2. The van der Waals surface area contributed by atoms with Crippen LogP contribution in [-0.2, 0) is 9.53 Å². The molecule has 0 radical (unpaired) electrons. The monoisotopic (exact) mass is 262 g/mol. The summed E-state index contributed by atoms with van der Waals surface area (Å²) in [4.78, 5) is 11.5. The average molecular weight is 262 g/mol. The fourth-order valence-electron chi connectivity index (χ4n) is 1.25. The Kier molecular flexibility index (Phi) is 5.11. The highest BCUT2D eigenvalue weighted by Crippen LogP contribution is 2.19. The van der Waals surface area contributed by atoms with Crippen molar-refractivity contribution in [2.45, 2.75) is 12.5 Å². The predicted octanol–water partition coefficient (Wildman–Crippen LogP) is 1.41. The summed E-state index contributed by atoms with van der Waals surface area (Å²) < 4.78 is 43.7. The Morgan fingerprint density at radius 3 is 2.72 bits per heavy atom. The van der Waals surface area contributed by atoms with Gasteiger partial charge >= 0.3 is 0 Å². The minimum Gasteiger partial charge on any atom is -0.385 e. The second-order valence-electron chi connectivity index (χ2n) is 3.63. The normalized spacial score (nSPS) is 12.3. The minimum absolute atomic E-state index is 0.210. The van der Waals surface area contributed by atoms with Gasteiger partial charge in [-0.1, -0.05) is 0 Å². The van der Waals surface area contributed by atoms with Gasteiger partial charge in [0.2, 0.25) is 5.91 Å². The third-order valence-electron chi connectivity index (χ3n) is 2.22. The number of carbonyl (C=O) groups excluding carboxylic acids is 1. The zero-order chi connectivity index (χ0) is 13.7. The summed E-state index contributed by atoms with van der Waals surface area (Å²) in [5.41, 5.74) is 4.90. The summed E-state index contributed by atoms with van der Waals surface area (Å²) in [6.45, 7) is 0.245. The van der Waals surface area contributed by atoms with Gasteiger partial charge in [0.05, 0.1) is 11.7 Å². The molecular weight excluding hydrogens is 249 g/mol. The summed E-state index contributed by atoms with van der Waals surface area (Å²) >= 11 is 0. The second kappa shape index (κ2) is 6.36. The Hall–Kier alpha value is -1.60. The van der Waals surface area contributed by atoms with Gasteiger partial charge in [-0.2, -0.15) is 0 Å². The van der Waals surface area contributed by atoms with E-state index in [1.54, 1.807) is 0 Å². The van der Waals surface area contributed by atoms with E-state index in [4.69, 9.17) is 10.5 Å². The molecule has 1 rings (SSSR count). The first-order chi connectivity index (χ1) is 8.45. The maximum absolute atomic E-state index is 13.2.